The number of pyridine rings is 1. The van der Waals surface area contributed by atoms with E-state index in [-0.39, 0.29) is 0 Å². The van der Waals surface area contributed by atoms with Gasteiger partial charge in [0.05, 0.1) is 10.7 Å². The number of nitrogens with one attached hydrogen (secondary N) is 1. The lowest BCUT2D eigenvalue weighted by atomic mass is 10.2. The van der Waals surface area contributed by atoms with Crippen LogP contribution in [0.15, 0.2) is 12.1 Å². The molecule has 1 aromatic heterocycles. The fraction of sp³-hybridized carbons (Fsp3) is 0.706. The van der Waals surface area contributed by atoms with Crippen molar-refractivity contribution in [2.75, 3.05) is 18.0 Å². The van der Waals surface area contributed by atoms with Gasteiger partial charge in [0.1, 0.15) is 5.82 Å². The van der Waals surface area contributed by atoms with Crippen LogP contribution >= 0.6 is 11.6 Å². The summed E-state index contributed by atoms with van der Waals surface area (Å²) in [5.74, 6) is 1.04. The molecule has 0 radical (unpaired) electrons. The molecule has 0 aromatic carbocycles. The zero-order chi connectivity index (χ0) is 15.7. The molecule has 21 heavy (non-hydrogen) atoms. The molecular formula is C17H30ClN3. The number of hydrogen-bond acceptors (Lipinski definition) is 3. The third-order valence-electron chi connectivity index (χ3n) is 3.54. The summed E-state index contributed by atoms with van der Waals surface area (Å²) in [6.45, 7) is 11.6. The Hall–Kier alpha value is -0.800. The molecule has 120 valence electrons. The van der Waals surface area contributed by atoms with Crippen molar-refractivity contribution in [2.24, 2.45) is 0 Å². The lowest BCUT2D eigenvalue weighted by Crippen LogP contribution is -2.32. The average Bonchev–Trinajstić information content (AvgIpc) is 2.46. The lowest BCUT2D eigenvalue weighted by Gasteiger charge is -2.28. The van der Waals surface area contributed by atoms with E-state index in [1.807, 2.05) is 12.1 Å². The molecule has 3 nitrogen and oxygen atoms in total. The quantitative estimate of drug-likeness (QED) is 0.638. The van der Waals surface area contributed by atoms with Crippen LogP contribution in [0.4, 0.5) is 5.82 Å². The number of rotatable bonds is 10. The summed E-state index contributed by atoms with van der Waals surface area (Å²) in [5.41, 5.74) is 0.948. The van der Waals surface area contributed by atoms with Gasteiger partial charge in [-0.1, -0.05) is 38.3 Å². The van der Waals surface area contributed by atoms with E-state index in [9.17, 15) is 0 Å². The van der Waals surface area contributed by atoms with Crippen LogP contribution in [0, 0.1) is 0 Å². The van der Waals surface area contributed by atoms with Crippen molar-refractivity contribution < 1.29 is 0 Å². The highest BCUT2D eigenvalue weighted by Crippen LogP contribution is 2.21. The van der Waals surface area contributed by atoms with Gasteiger partial charge in [-0.2, -0.15) is 0 Å². The second-order valence-corrected chi connectivity index (χ2v) is 6.18. The van der Waals surface area contributed by atoms with Gasteiger partial charge in [0.15, 0.2) is 0 Å². The zero-order valence-corrected chi connectivity index (χ0v) is 14.7. The maximum Gasteiger partial charge on any atom is 0.129 e. The molecule has 1 rings (SSSR count). The fourth-order valence-electron chi connectivity index (χ4n) is 2.31. The Morgan fingerprint density at radius 2 is 1.95 bits per heavy atom. The van der Waals surface area contributed by atoms with Crippen LogP contribution in [-0.2, 0) is 6.54 Å². The Bertz CT molecular complexity index is 407. The second kappa shape index (κ2) is 10.0. The Kier molecular flexibility index (Phi) is 8.70. The van der Waals surface area contributed by atoms with Crippen LogP contribution in [0.2, 0.25) is 5.02 Å². The summed E-state index contributed by atoms with van der Waals surface area (Å²) in [5, 5.41) is 4.12. The molecule has 0 fully saturated rings. The molecule has 1 aromatic rings. The highest BCUT2D eigenvalue weighted by molar-refractivity contribution is 6.31. The van der Waals surface area contributed by atoms with Gasteiger partial charge in [-0.15, -0.1) is 0 Å². The third kappa shape index (κ3) is 6.23. The van der Waals surface area contributed by atoms with Gasteiger partial charge in [-0.3, -0.25) is 0 Å². The highest BCUT2D eigenvalue weighted by atomic mass is 35.5. The highest BCUT2D eigenvalue weighted by Gasteiger charge is 2.13. The summed E-state index contributed by atoms with van der Waals surface area (Å²) in [4.78, 5) is 7.15. The molecule has 0 amide bonds. The first-order valence-electron chi connectivity index (χ1n) is 8.22. The van der Waals surface area contributed by atoms with Crippen molar-refractivity contribution in [1.29, 1.82) is 0 Å². The van der Waals surface area contributed by atoms with Crippen LogP contribution in [0.1, 0.15) is 59.1 Å². The van der Waals surface area contributed by atoms with Gasteiger partial charge in [0.2, 0.25) is 0 Å². The second-order valence-electron chi connectivity index (χ2n) is 5.77. The van der Waals surface area contributed by atoms with Gasteiger partial charge >= 0.3 is 0 Å². The third-order valence-corrected chi connectivity index (χ3v) is 3.89. The van der Waals surface area contributed by atoms with Crippen LogP contribution in [0.5, 0.6) is 0 Å². The summed E-state index contributed by atoms with van der Waals surface area (Å²) in [6, 6.07) is 4.46. The number of unbranched alkanes of at least 4 members (excludes halogenated alkanes) is 2. The SMILES string of the molecule is CCCCCN(c1ccc(Cl)c(CNCCC)n1)C(C)C. The number of hydrogen-bond donors (Lipinski definition) is 1. The number of aromatic nitrogens is 1. The average molecular weight is 312 g/mol. The molecule has 0 aliphatic carbocycles. The largest absolute Gasteiger partial charge is 0.354 e. The molecular weight excluding hydrogens is 282 g/mol. The first-order valence-corrected chi connectivity index (χ1v) is 8.60. The smallest absolute Gasteiger partial charge is 0.129 e. The molecule has 0 saturated heterocycles. The van der Waals surface area contributed by atoms with Gasteiger partial charge < -0.3 is 10.2 Å². The minimum atomic E-state index is 0.451. The predicted molar refractivity (Wildman–Crippen MR) is 93.3 cm³/mol. The first kappa shape index (κ1) is 18.2. The predicted octanol–water partition coefficient (Wildman–Crippen LogP) is 4.64. The molecule has 0 aliphatic heterocycles. The molecule has 0 unspecified atom stereocenters. The molecule has 0 atom stereocenters. The summed E-state index contributed by atoms with van der Waals surface area (Å²) < 4.78 is 0. The van der Waals surface area contributed by atoms with E-state index in [0.29, 0.717) is 6.04 Å². The minimum absolute atomic E-state index is 0.451. The standard InChI is InChI=1S/C17H30ClN3/c1-5-7-8-12-21(14(3)4)17-10-9-15(18)16(20-17)13-19-11-6-2/h9-10,14,19H,5-8,11-13H2,1-4H3. The molecule has 0 spiro atoms. The van der Waals surface area contributed by atoms with Crippen molar-refractivity contribution in [2.45, 2.75) is 66.0 Å². The lowest BCUT2D eigenvalue weighted by molar-refractivity contribution is 0.615. The molecule has 0 bridgehead atoms. The molecule has 1 N–H and O–H groups in total. The van der Waals surface area contributed by atoms with E-state index >= 15 is 0 Å². The van der Waals surface area contributed by atoms with E-state index in [2.05, 4.69) is 37.9 Å². The summed E-state index contributed by atoms with van der Waals surface area (Å²) in [6.07, 6.45) is 4.84. The van der Waals surface area contributed by atoms with Crippen molar-refractivity contribution in [3.63, 3.8) is 0 Å². The van der Waals surface area contributed by atoms with Gasteiger partial charge in [0, 0.05) is 19.1 Å². The Labute approximate surface area is 135 Å². The van der Waals surface area contributed by atoms with Gasteiger partial charge in [-0.25, -0.2) is 4.98 Å². The summed E-state index contributed by atoms with van der Waals surface area (Å²) in [7, 11) is 0. The van der Waals surface area contributed by atoms with E-state index < -0.39 is 0 Å². The monoisotopic (exact) mass is 311 g/mol. The van der Waals surface area contributed by atoms with Crippen molar-refractivity contribution in [3.05, 3.63) is 22.8 Å². The van der Waals surface area contributed by atoms with Crippen molar-refractivity contribution in [3.8, 4) is 0 Å². The first-order chi connectivity index (χ1) is 10.1. The Morgan fingerprint density at radius 1 is 1.19 bits per heavy atom. The van der Waals surface area contributed by atoms with E-state index in [1.54, 1.807) is 0 Å². The van der Waals surface area contributed by atoms with Crippen molar-refractivity contribution >= 4 is 17.4 Å². The minimum Gasteiger partial charge on any atom is -0.354 e. The van der Waals surface area contributed by atoms with Crippen LogP contribution in [0.25, 0.3) is 0 Å². The normalized spacial score (nSPS) is 11.1. The number of halogens is 1. The Balaban J connectivity index is 2.80. The number of anilines is 1. The molecule has 0 saturated carbocycles. The van der Waals surface area contributed by atoms with Crippen molar-refractivity contribution in [1.82, 2.24) is 10.3 Å². The molecule has 4 heteroatoms. The fourth-order valence-corrected chi connectivity index (χ4v) is 2.48. The van der Waals surface area contributed by atoms with Gasteiger partial charge in [0.25, 0.3) is 0 Å². The molecule has 0 aliphatic rings. The zero-order valence-electron chi connectivity index (χ0n) is 14.0. The number of nitrogens with zero attached hydrogens (tertiary/aromatic N) is 2. The maximum absolute atomic E-state index is 6.27. The van der Waals surface area contributed by atoms with E-state index in [4.69, 9.17) is 16.6 Å². The topological polar surface area (TPSA) is 28.2 Å². The van der Waals surface area contributed by atoms with Crippen LogP contribution in [-0.4, -0.2) is 24.1 Å². The van der Waals surface area contributed by atoms with E-state index in [0.717, 1.165) is 42.6 Å². The van der Waals surface area contributed by atoms with Crippen LogP contribution < -0.4 is 10.2 Å². The van der Waals surface area contributed by atoms with Crippen LogP contribution in [0.3, 0.4) is 0 Å². The maximum atomic E-state index is 6.27. The molecule has 1 heterocycles. The van der Waals surface area contributed by atoms with Gasteiger partial charge in [-0.05, 0) is 45.4 Å². The summed E-state index contributed by atoms with van der Waals surface area (Å²) >= 11 is 6.27. The Morgan fingerprint density at radius 3 is 2.57 bits per heavy atom. The van der Waals surface area contributed by atoms with E-state index in [1.165, 1.54) is 19.3 Å².